The quantitative estimate of drug-likeness (QED) is 0.629. The van der Waals surface area contributed by atoms with E-state index in [-0.39, 0.29) is 17.7 Å². The molecule has 0 radical (unpaired) electrons. The number of Topliss-reactive ketones (excluding diaryl/α,β-unsaturated/α-hetero) is 1. The number of ketones is 1. The van der Waals surface area contributed by atoms with Crippen molar-refractivity contribution in [1.82, 2.24) is 5.32 Å². The van der Waals surface area contributed by atoms with E-state index < -0.39 is 35.5 Å². The van der Waals surface area contributed by atoms with E-state index in [2.05, 4.69) is 5.32 Å². The van der Waals surface area contributed by atoms with Crippen LogP contribution in [0.4, 0.5) is 17.6 Å². The summed E-state index contributed by atoms with van der Waals surface area (Å²) in [5, 5.41) is 2.65. The molecule has 2 rings (SSSR count). The van der Waals surface area contributed by atoms with Crippen molar-refractivity contribution in [2.24, 2.45) is 0 Å². The first-order chi connectivity index (χ1) is 14.0. The van der Waals surface area contributed by atoms with Gasteiger partial charge in [0.25, 0.3) is 5.91 Å². The Balaban J connectivity index is 2.19. The Morgan fingerprint density at radius 2 is 1.73 bits per heavy atom. The Kier molecular flexibility index (Phi) is 7.23. The molecule has 0 aromatic heterocycles. The van der Waals surface area contributed by atoms with Gasteiger partial charge in [0.2, 0.25) is 5.78 Å². The molecule has 0 saturated carbocycles. The molecular weight excluding hydrogens is 402 g/mol. The number of ether oxygens (including phenoxy) is 1. The van der Waals surface area contributed by atoms with Crippen LogP contribution < -0.4 is 10.1 Å². The molecule has 0 bridgehead atoms. The van der Waals surface area contributed by atoms with Crippen molar-refractivity contribution in [3.05, 3.63) is 65.0 Å². The summed E-state index contributed by atoms with van der Waals surface area (Å²) in [5.74, 6) is -2.58. The maximum atomic E-state index is 13.8. The van der Waals surface area contributed by atoms with Gasteiger partial charge in [-0.15, -0.1) is 0 Å². The number of halogens is 4. The molecule has 1 amide bonds. The third-order valence-corrected chi connectivity index (χ3v) is 4.75. The summed E-state index contributed by atoms with van der Waals surface area (Å²) in [7, 11) is 1.53. The second kappa shape index (κ2) is 9.28. The fourth-order valence-electron chi connectivity index (χ4n) is 3.21. The predicted octanol–water partition coefficient (Wildman–Crippen LogP) is 4.61. The van der Waals surface area contributed by atoms with Crippen LogP contribution in [-0.2, 0) is 16.6 Å². The first kappa shape index (κ1) is 23.4. The Morgan fingerprint density at radius 1 is 1.07 bits per heavy atom. The van der Waals surface area contributed by atoms with Crippen molar-refractivity contribution < 1.29 is 31.9 Å². The molecule has 0 aliphatic rings. The van der Waals surface area contributed by atoms with Gasteiger partial charge in [0.1, 0.15) is 11.6 Å². The lowest BCUT2D eigenvalue weighted by atomic mass is 9.77. The number of alkyl halides is 3. The summed E-state index contributed by atoms with van der Waals surface area (Å²) in [6.07, 6.45) is -5.39. The number of benzene rings is 2. The number of hydrogen-bond acceptors (Lipinski definition) is 3. The lowest BCUT2D eigenvalue weighted by Gasteiger charge is -2.27. The number of para-hydroxylation sites is 1. The lowest BCUT2D eigenvalue weighted by Crippen LogP contribution is -2.34. The number of nitrogens with one attached hydrogen (secondary N) is 1. The standard InChI is InChI=1S/C22H23F4NO3/c1-21(2,13-19(28)22(24,25)26)17-9-8-15(23)12-16(17)20(29)27-11-10-14-6-4-5-7-18(14)30-3/h4-9,12H,10-11,13H2,1-3H3,(H,27,29). The first-order valence-electron chi connectivity index (χ1n) is 9.26. The minimum Gasteiger partial charge on any atom is -0.496 e. The van der Waals surface area contributed by atoms with E-state index >= 15 is 0 Å². The zero-order valence-corrected chi connectivity index (χ0v) is 16.9. The topological polar surface area (TPSA) is 55.4 Å². The van der Waals surface area contributed by atoms with Crippen molar-refractivity contribution in [2.45, 2.75) is 38.3 Å². The van der Waals surface area contributed by atoms with Gasteiger partial charge >= 0.3 is 6.18 Å². The normalized spacial score (nSPS) is 11.8. The van der Waals surface area contributed by atoms with Crippen LogP contribution in [0.3, 0.4) is 0 Å². The molecule has 162 valence electrons. The zero-order valence-electron chi connectivity index (χ0n) is 16.9. The molecule has 2 aromatic carbocycles. The third kappa shape index (κ3) is 5.81. The van der Waals surface area contributed by atoms with Gasteiger partial charge in [0.05, 0.1) is 7.11 Å². The minimum atomic E-state index is -4.98. The van der Waals surface area contributed by atoms with Crippen molar-refractivity contribution in [2.75, 3.05) is 13.7 Å². The second-order valence-electron chi connectivity index (χ2n) is 7.49. The molecule has 0 atom stereocenters. The van der Waals surface area contributed by atoms with Crippen LogP contribution >= 0.6 is 0 Å². The van der Waals surface area contributed by atoms with Crippen LogP contribution in [0.15, 0.2) is 42.5 Å². The van der Waals surface area contributed by atoms with Gasteiger partial charge in [-0.1, -0.05) is 38.1 Å². The summed E-state index contributed by atoms with van der Waals surface area (Å²) in [5.41, 5.74) is -0.405. The van der Waals surface area contributed by atoms with Gasteiger partial charge in [-0.3, -0.25) is 9.59 Å². The van der Waals surface area contributed by atoms with Crippen molar-refractivity contribution in [1.29, 1.82) is 0 Å². The fourth-order valence-corrected chi connectivity index (χ4v) is 3.21. The van der Waals surface area contributed by atoms with Crippen LogP contribution in [0.25, 0.3) is 0 Å². The van der Waals surface area contributed by atoms with Crippen LogP contribution in [0.5, 0.6) is 5.75 Å². The summed E-state index contributed by atoms with van der Waals surface area (Å²) in [6, 6.07) is 10.5. The number of hydrogen-bond donors (Lipinski definition) is 1. The summed E-state index contributed by atoms with van der Waals surface area (Å²) in [4.78, 5) is 24.2. The molecule has 0 aliphatic heterocycles. The lowest BCUT2D eigenvalue weighted by molar-refractivity contribution is -0.172. The molecule has 0 unspecified atom stereocenters. The van der Waals surface area contributed by atoms with Gasteiger partial charge in [0, 0.05) is 18.5 Å². The van der Waals surface area contributed by atoms with Crippen molar-refractivity contribution >= 4 is 11.7 Å². The minimum absolute atomic E-state index is 0.102. The van der Waals surface area contributed by atoms with Crippen LogP contribution in [0, 0.1) is 5.82 Å². The van der Waals surface area contributed by atoms with Gasteiger partial charge in [-0.2, -0.15) is 13.2 Å². The molecule has 0 saturated heterocycles. The van der Waals surface area contributed by atoms with E-state index in [0.717, 1.165) is 17.7 Å². The Morgan fingerprint density at radius 3 is 2.37 bits per heavy atom. The number of amides is 1. The number of carbonyl (C=O) groups is 2. The van der Waals surface area contributed by atoms with Crippen LogP contribution in [0.1, 0.15) is 41.8 Å². The van der Waals surface area contributed by atoms with Gasteiger partial charge in [-0.05, 0) is 41.2 Å². The molecule has 0 fully saturated rings. The van der Waals surface area contributed by atoms with Crippen molar-refractivity contribution in [3.63, 3.8) is 0 Å². The molecule has 0 heterocycles. The van der Waals surface area contributed by atoms with E-state index in [9.17, 15) is 27.2 Å². The Hall–Kier alpha value is -2.90. The average molecular weight is 425 g/mol. The largest absolute Gasteiger partial charge is 0.496 e. The molecule has 30 heavy (non-hydrogen) atoms. The molecule has 1 N–H and O–H groups in total. The zero-order chi connectivity index (χ0) is 22.5. The average Bonchev–Trinajstić information content (AvgIpc) is 2.66. The van der Waals surface area contributed by atoms with E-state index in [1.165, 1.54) is 27.0 Å². The SMILES string of the molecule is COc1ccccc1CCNC(=O)c1cc(F)ccc1C(C)(C)CC(=O)C(F)(F)F. The van der Waals surface area contributed by atoms with Crippen molar-refractivity contribution in [3.8, 4) is 5.75 Å². The molecule has 0 spiro atoms. The Labute approximate surface area is 172 Å². The van der Waals surface area contributed by atoms with E-state index in [1.54, 1.807) is 6.07 Å². The maximum absolute atomic E-state index is 13.8. The highest BCUT2D eigenvalue weighted by Gasteiger charge is 2.42. The van der Waals surface area contributed by atoms with Gasteiger partial charge in [-0.25, -0.2) is 4.39 Å². The third-order valence-electron chi connectivity index (χ3n) is 4.75. The molecule has 4 nitrogen and oxygen atoms in total. The van der Waals surface area contributed by atoms with E-state index in [4.69, 9.17) is 4.74 Å². The highest BCUT2D eigenvalue weighted by Crippen LogP contribution is 2.34. The number of methoxy groups -OCH3 is 1. The highest BCUT2D eigenvalue weighted by atomic mass is 19.4. The van der Waals surface area contributed by atoms with E-state index in [0.29, 0.717) is 12.2 Å². The molecule has 8 heteroatoms. The summed E-state index contributed by atoms with van der Waals surface area (Å²) in [6.45, 7) is 3.03. The molecule has 2 aromatic rings. The van der Waals surface area contributed by atoms with Gasteiger partial charge < -0.3 is 10.1 Å². The van der Waals surface area contributed by atoms with E-state index in [1.807, 2.05) is 18.2 Å². The first-order valence-corrected chi connectivity index (χ1v) is 9.26. The summed E-state index contributed by atoms with van der Waals surface area (Å²) < 4.78 is 57.2. The maximum Gasteiger partial charge on any atom is 0.450 e. The van der Waals surface area contributed by atoms with Crippen LogP contribution in [-0.4, -0.2) is 31.5 Å². The molecular formula is C22H23F4NO3. The summed E-state index contributed by atoms with van der Waals surface area (Å²) >= 11 is 0. The number of rotatable bonds is 8. The van der Waals surface area contributed by atoms with Crippen LogP contribution in [0.2, 0.25) is 0 Å². The predicted molar refractivity (Wildman–Crippen MR) is 104 cm³/mol. The van der Waals surface area contributed by atoms with Gasteiger partial charge in [0.15, 0.2) is 0 Å². The smallest absolute Gasteiger partial charge is 0.450 e. The highest BCUT2D eigenvalue weighted by molar-refractivity contribution is 5.96. The molecule has 0 aliphatic carbocycles. The fraction of sp³-hybridized carbons (Fsp3) is 0.364. The Bertz CT molecular complexity index is 923. The monoisotopic (exact) mass is 425 g/mol. The second-order valence-corrected chi connectivity index (χ2v) is 7.49. The number of carbonyl (C=O) groups excluding carboxylic acids is 2.